The highest BCUT2D eigenvalue weighted by molar-refractivity contribution is 9.09. The quantitative estimate of drug-likeness (QED) is 0.139. The zero-order valence-corrected chi connectivity index (χ0v) is 27.1. The molecule has 1 N–H and O–H groups in total. The lowest BCUT2D eigenvalue weighted by atomic mass is 9.71. The molecular formula is C31H40BrN5O5S. The highest BCUT2D eigenvalue weighted by atomic mass is 79.9. The van der Waals surface area contributed by atoms with Gasteiger partial charge in [0.05, 0.1) is 41.4 Å². The molecule has 3 aliphatic heterocycles. The van der Waals surface area contributed by atoms with E-state index in [1.54, 1.807) is 38.4 Å². The summed E-state index contributed by atoms with van der Waals surface area (Å²) >= 11 is 5.36. The molecule has 5 rings (SSSR count). The number of benzene rings is 1. The Morgan fingerprint density at radius 3 is 2.79 bits per heavy atom. The number of hydrogen-bond donors (Lipinski definition) is 1. The molecule has 3 fully saturated rings. The summed E-state index contributed by atoms with van der Waals surface area (Å²) in [6.07, 6.45) is 6.06. The fourth-order valence-corrected chi connectivity index (χ4v) is 10.6. The molecule has 3 unspecified atom stereocenters. The summed E-state index contributed by atoms with van der Waals surface area (Å²) in [5.74, 6) is -2.41. The summed E-state index contributed by atoms with van der Waals surface area (Å²) in [5.41, 5.74) is 1.49. The van der Waals surface area contributed by atoms with Crippen molar-refractivity contribution in [1.82, 2.24) is 24.8 Å². The van der Waals surface area contributed by atoms with Crippen molar-refractivity contribution in [2.45, 2.75) is 73.1 Å². The minimum absolute atomic E-state index is 0.0714. The lowest BCUT2D eigenvalue weighted by Gasteiger charge is -2.41. The van der Waals surface area contributed by atoms with Crippen molar-refractivity contribution in [1.29, 1.82) is 0 Å². The molecule has 2 bridgehead atoms. The topological polar surface area (TPSA) is 118 Å². The third kappa shape index (κ3) is 5.44. The van der Waals surface area contributed by atoms with Gasteiger partial charge in [-0.1, -0.05) is 65.7 Å². The Morgan fingerprint density at radius 2 is 2.09 bits per heavy atom. The van der Waals surface area contributed by atoms with E-state index < -0.39 is 34.6 Å². The van der Waals surface area contributed by atoms with Gasteiger partial charge in [-0.05, 0) is 37.3 Å². The lowest BCUT2D eigenvalue weighted by molar-refractivity contribution is -0.155. The van der Waals surface area contributed by atoms with E-state index in [1.807, 2.05) is 38.1 Å². The van der Waals surface area contributed by atoms with E-state index in [2.05, 4.69) is 39.4 Å². The number of carbonyl (C=O) groups is 3. The average Bonchev–Trinajstić information content (AvgIpc) is 3.72. The second kappa shape index (κ2) is 13.1. The van der Waals surface area contributed by atoms with E-state index in [0.717, 1.165) is 11.9 Å². The molecule has 8 atom stereocenters. The second-order valence-electron chi connectivity index (χ2n) is 11.7. The molecule has 2 aromatic rings. The van der Waals surface area contributed by atoms with Crippen molar-refractivity contribution in [3.8, 4) is 0 Å². The minimum Gasteiger partial charge on any atom is -0.465 e. The van der Waals surface area contributed by atoms with Crippen molar-refractivity contribution < 1.29 is 24.2 Å². The van der Waals surface area contributed by atoms with Crippen molar-refractivity contribution in [2.75, 3.05) is 19.8 Å². The summed E-state index contributed by atoms with van der Waals surface area (Å²) in [7, 11) is 0. The van der Waals surface area contributed by atoms with Crippen molar-refractivity contribution in [2.24, 2.45) is 17.8 Å². The Morgan fingerprint density at radius 1 is 1.33 bits per heavy atom. The zero-order valence-electron chi connectivity index (χ0n) is 24.7. The number of alkyl halides is 1. The molecule has 0 saturated carbocycles. The smallest absolute Gasteiger partial charge is 0.310 e. The number of likely N-dealkylation sites (tertiary alicyclic amines) is 1. The number of thioether (sulfide) groups is 1. The van der Waals surface area contributed by atoms with E-state index >= 15 is 0 Å². The van der Waals surface area contributed by atoms with Gasteiger partial charge in [-0.15, -0.1) is 30.0 Å². The largest absolute Gasteiger partial charge is 0.465 e. The Bertz CT molecular complexity index is 1390. The molecule has 0 radical (unpaired) electrons. The lowest BCUT2D eigenvalue weighted by Crippen LogP contribution is -2.59. The Kier molecular flexibility index (Phi) is 9.67. The second-order valence-corrected chi connectivity index (χ2v) is 14.4. The molecule has 232 valence electrons. The summed E-state index contributed by atoms with van der Waals surface area (Å²) in [4.78, 5) is 46.1. The maximum atomic E-state index is 14.8. The van der Waals surface area contributed by atoms with Gasteiger partial charge in [-0.25, -0.2) is 4.68 Å². The van der Waals surface area contributed by atoms with Crippen LogP contribution in [0.3, 0.4) is 0 Å². The number of para-hydroxylation sites is 1. The summed E-state index contributed by atoms with van der Waals surface area (Å²) in [6.45, 7) is 11.9. The van der Waals surface area contributed by atoms with Crippen LogP contribution in [0.15, 0.2) is 49.6 Å². The number of halogens is 1. The summed E-state index contributed by atoms with van der Waals surface area (Å²) in [5, 5.41) is 19.0. The highest BCUT2D eigenvalue weighted by Gasteiger charge is 2.76. The zero-order chi connectivity index (χ0) is 30.9. The number of aromatic nitrogens is 3. The van der Waals surface area contributed by atoms with Crippen LogP contribution in [0, 0.1) is 17.8 Å². The van der Waals surface area contributed by atoms with E-state index in [1.165, 1.54) is 0 Å². The normalized spacial score (nSPS) is 29.0. The van der Waals surface area contributed by atoms with Crippen LogP contribution in [-0.2, 0) is 25.8 Å². The fraction of sp³-hybridized carbons (Fsp3) is 0.581. The van der Waals surface area contributed by atoms with Gasteiger partial charge in [0.15, 0.2) is 0 Å². The molecule has 3 aliphatic rings. The molecule has 3 saturated heterocycles. The van der Waals surface area contributed by atoms with Crippen LogP contribution < -0.4 is 0 Å². The number of rotatable bonds is 14. The number of ether oxygens (including phenoxy) is 1. The molecule has 43 heavy (non-hydrogen) atoms. The summed E-state index contributed by atoms with van der Waals surface area (Å²) in [6, 6.07) is 6.05. The Balaban J connectivity index is 1.55. The number of carbonyl (C=O) groups excluding carboxylic acids is 3. The molecule has 12 heteroatoms. The first-order valence-electron chi connectivity index (χ1n) is 14.9. The number of allylic oxidation sites excluding steroid dienone is 1. The number of aliphatic hydroxyl groups is 1. The number of nitrogens with zero attached hydrogens (tertiary/aromatic N) is 5. The maximum Gasteiger partial charge on any atom is 0.310 e. The number of esters is 1. The number of hydrogen-bond acceptors (Lipinski definition) is 8. The molecule has 1 aromatic carbocycles. The van der Waals surface area contributed by atoms with Crippen LogP contribution in [0.2, 0.25) is 0 Å². The monoisotopic (exact) mass is 673 g/mol. The van der Waals surface area contributed by atoms with Crippen molar-refractivity contribution in [3.63, 3.8) is 0 Å². The predicted octanol–water partition coefficient (Wildman–Crippen LogP) is 3.78. The standard InChI is InChI=1S/C31H40BrN5O5S/c1-5-8-11-15-42-30(41)24-25-28(39)37(23(17-38)19(4)7-3)27(31(25)16-20(32)26(24)43-31)29(40)35(14-6-2)18-36-22-13-10-9-12-21(22)33-34-36/h5-6,9-10,12-13,19-20,23-27,38H,1-2,7-8,11,14-18H2,3-4H3/t19-,20?,23-,24-,25-,26-,27?,31?/m0/s1. The maximum absolute atomic E-state index is 14.8. The molecule has 1 spiro atoms. The molecule has 2 amide bonds. The molecule has 4 heterocycles. The Labute approximate surface area is 265 Å². The summed E-state index contributed by atoms with van der Waals surface area (Å²) < 4.78 is 6.51. The predicted molar refractivity (Wildman–Crippen MR) is 169 cm³/mol. The third-order valence-corrected chi connectivity index (χ3v) is 12.5. The number of fused-ring (bicyclic) bond motifs is 2. The van der Waals surface area contributed by atoms with Gasteiger partial charge in [0.1, 0.15) is 18.2 Å². The first-order valence-corrected chi connectivity index (χ1v) is 16.7. The molecule has 0 aliphatic carbocycles. The van der Waals surface area contributed by atoms with Crippen molar-refractivity contribution in [3.05, 3.63) is 49.6 Å². The van der Waals surface area contributed by atoms with Gasteiger partial charge in [0, 0.05) is 16.6 Å². The molecular weight excluding hydrogens is 634 g/mol. The van der Waals surface area contributed by atoms with Crippen molar-refractivity contribution >= 4 is 56.5 Å². The van der Waals surface area contributed by atoms with Gasteiger partial charge in [-0.3, -0.25) is 14.4 Å². The number of aliphatic hydroxyl groups excluding tert-OH is 1. The van der Waals surface area contributed by atoms with Crippen LogP contribution >= 0.6 is 27.7 Å². The SMILES string of the molecule is C=CCCCOC(=O)[C@H]1[C@H]2C(=O)N([C@@H](CO)[C@@H](C)CC)C(C(=O)N(CC=C)Cn3nnc4ccccc43)C23CC(Br)[C@@H]1S3. The first-order chi connectivity index (χ1) is 20.7. The van der Waals surface area contributed by atoms with E-state index in [-0.39, 0.29) is 54.2 Å². The van der Waals surface area contributed by atoms with Crippen LogP contribution in [0.4, 0.5) is 0 Å². The Hall–Kier alpha value is -2.70. The molecule has 1 aromatic heterocycles. The van der Waals surface area contributed by atoms with Crippen LogP contribution in [0.1, 0.15) is 39.5 Å². The van der Waals surface area contributed by atoms with Gasteiger partial charge in [0.25, 0.3) is 0 Å². The van der Waals surface area contributed by atoms with E-state index in [9.17, 15) is 19.5 Å². The molecule has 10 nitrogen and oxygen atoms in total. The van der Waals surface area contributed by atoms with Gasteiger partial charge in [-0.2, -0.15) is 0 Å². The number of amides is 2. The first kappa shape index (κ1) is 31.7. The van der Waals surface area contributed by atoms with E-state index in [4.69, 9.17) is 4.74 Å². The van der Waals surface area contributed by atoms with Crippen LogP contribution in [0.5, 0.6) is 0 Å². The van der Waals surface area contributed by atoms with Gasteiger partial charge < -0.3 is 19.6 Å². The minimum atomic E-state index is -0.889. The third-order valence-electron chi connectivity index (χ3n) is 9.26. The highest BCUT2D eigenvalue weighted by Crippen LogP contribution is 2.68. The van der Waals surface area contributed by atoms with Crippen LogP contribution in [0.25, 0.3) is 11.0 Å². The van der Waals surface area contributed by atoms with Gasteiger partial charge in [0.2, 0.25) is 11.8 Å². The van der Waals surface area contributed by atoms with Crippen LogP contribution in [-0.4, -0.2) is 94.4 Å². The van der Waals surface area contributed by atoms with E-state index in [0.29, 0.717) is 24.8 Å². The fourth-order valence-electron chi connectivity index (χ4n) is 7.01. The average molecular weight is 675 g/mol. The van der Waals surface area contributed by atoms with Gasteiger partial charge >= 0.3 is 5.97 Å². The number of unbranched alkanes of at least 4 members (excludes halogenated alkanes) is 1.